The number of carbonyl (C=O) groups is 1. The van der Waals surface area contributed by atoms with Gasteiger partial charge < -0.3 is 10.2 Å². The largest absolute Gasteiger partial charge is 0.480 e. The number of hydrogen-bond acceptors (Lipinski definition) is 3. The number of rotatable bonds is 1. The second-order valence-electron chi connectivity index (χ2n) is 3.15. The number of likely N-dealkylation sites (tertiary alicyclic amines) is 1. The molecule has 0 unspecified atom stereocenters. The molecule has 0 saturated carbocycles. The van der Waals surface area contributed by atoms with Crippen molar-refractivity contribution in [3.8, 4) is 0 Å². The van der Waals surface area contributed by atoms with Crippen LogP contribution in [0, 0.1) is 5.92 Å². The number of aliphatic hydroxyl groups excluding tert-OH is 1. The molecule has 1 aliphatic rings. The molecule has 3 atom stereocenters. The third-order valence-corrected chi connectivity index (χ3v) is 2.31. The van der Waals surface area contributed by atoms with E-state index in [4.69, 9.17) is 5.11 Å². The van der Waals surface area contributed by atoms with Crippen molar-refractivity contribution in [2.45, 2.75) is 19.1 Å². The van der Waals surface area contributed by atoms with E-state index in [0.29, 0.717) is 6.54 Å². The minimum Gasteiger partial charge on any atom is -0.480 e. The Morgan fingerprint density at radius 2 is 2.18 bits per heavy atom. The van der Waals surface area contributed by atoms with Gasteiger partial charge in [-0.3, -0.25) is 9.69 Å². The molecule has 1 saturated heterocycles. The lowest BCUT2D eigenvalue weighted by molar-refractivity contribution is -0.143. The van der Waals surface area contributed by atoms with E-state index in [1.807, 2.05) is 0 Å². The lowest BCUT2D eigenvalue weighted by Gasteiger charge is -2.16. The standard InChI is InChI=1S/C7H13NO3/c1-4-5(9)3-8(2)6(4)7(10)11/h4-6,9H,3H2,1-2H3,(H,10,11)/t4-,5+,6+/m1/s1. The number of carboxylic acids is 1. The van der Waals surface area contributed by atoms with Gasteiger partial charge in [-0.15, -0.1) is 0 Å². The van der Waals surface area contributed by atoms with Crippen LogP contribution in [0.25, 0.3) is 0 Å². The van der Waals surface area contributed by atoms with E-state index in [1.54, 1.807) is 18.9 Å². The zero-order valence-corrected chi connectivity index (χ0v) is 6.69. The van der Waals surface area contributed by atoms with E-state index in [-0.39, 0.29) is 5.92 Å². The molecular weight excluding hydrogens is 146 g/mol. The van der Waals surface area contributed by atoms with Crippen molar-refractivity contribution in [1.29, 1.82) is 0 Å². The first-order valence-electron chi connectivity index (χ1n) is 3.65. The van der Waals surface area contributed by atoms with Gasteiger partial charge in [0.1, 0.15) is 6.04 Å². The normalized spacial score (nSPS) is 39.4. The zero-order valence-electron chi connectivity index (χ0n) is 6.69. The number of nitrogens with zero attached hydrogens (tertiary/aromatic N) is 1. The molecule has 0 aromatic heterocycles. The minimum absolute atomic E-state index is 0.169. The van der Waals surface area contributed by atoms with Crippen LogP contribution in [0.4, 0.5) is 0 Å². The molecule has 0 amide bonds. The molecule has 0 spiro atoms. The quantitative estimate of drug-likeness (QED) is 0.535. The molecule has 4 heteroatoms. The molecule has 1 fully saturated rings. The Balaban J connectivity index is 2.71. The number of aliphatic carboxylic acids is 1. The fourth-order valence-electron chi connectivity index (χ4n) is 1.60. The van der Waals surface area contributed by atoms with Gasteiger partial charge in [-0.25, -0.2) is 0 Å². The van der Waals surface area contributed by atoms with Gasteiger partial charge in [0.25, 0.3) is 0 Å². The Morgan fingerprint density at radius 1 is 1.64 bits per heavy atom. The van der Waals surface area contributed by atoms with E-state index in [1.165, 1.54) is 0 Å². The average Bonchev–Trinajstić information content (AvgIpc) is 2.07. The molecule has 0 aromatic carbocycles. The van der Waals surface area contributed by atoms with Gasteiger partial charge in [0.05, 0.1) is 6.10 Å². The topological polar surface area (TPSA) is 60.8 Å². The molecule has 1 rings (SSSR count). The van der Waals surface area contributed by atoms with Crippen LogP contribution >= 0.6 is 0 Å². The molecule has 0 aromatic rings. The van der Waals surface area contributed by atoms with Gasteiger partial charge in [0.15, 0.2) is 0 Å². The van der Waals surface area contributed by atoms with Gasteiger partial charge in [-0.05, 0) is 7.05 Å². The van der Waals surface area contributed by atoms with E-state index < -0.39 is 18.1 Å². The first-order valence-corrected chi connectivity index (χ1v) is 3.65. The highest BCUT2D eigenvalue weighted by molar-refractivity contribution is 5.74. The highest BCUT2D eigenvalue weighted by atomic mass is 16.4. The van der Waals surface area contributed by atoms with Crippen LogP contribution in [0.2, 0.25) is 0 Å². The molecule has 1 aliphatic heterocycles. The second-order valence-corrected chi connectivity index (χ2v) is 3.15. The maximum absolute atomic E-state index is 10.6. The smallest absolute Gasteiger partial charge is 0.321 e. The summed E-state index contributed by atoms with van der Waals surface area (Å²) in [6.45, 7) is 2.21. The number of carboxylic acid groups (broad SMARTS) is 1. The highest BCUT2D eigenvalue weighted by Gasteiger charge is 2.40. The maximum Gasteiger partial charge on any atom is 0.321 e. The number of aliphatic hydroxyl groups is 1. The van der Waals surface area contributed by atoms with Crippen molar-refractivity contribution in [3.05, 3.63) is 0 Å². The first kappa shape index (κ1) is 8.49. The second kappa shape index (κ2) is 2.79. The summed E-state index contributed by atoms with van der Waals surface area (Å²) in [5.74, 6) is -1.02. The summed E-state index contributed by atoms with van der Waals surface area (Å²) < 4.78 is 0. The molecule has 0 radical (unpaired) electrons. The van der Waals surface area contributed by atoms with Gasteiger partial charge in [0, 0.05) is 12.5 Å². The van der Waals surface area contributed by atoms with E-state index in [0.717, 1.165) is 0 Å². The first-order chi connectivity index (χ1) is 5.04. The Morgan fingerprint density at radius 3 is 2.36 bits per heavy atom. The molecule has 0 aliphatic carbocycles. The predicted molar refractivity (Wildman–Crippen MR) is 39.2 cm³/mol. The van der Waals surface area contributed by atoms with Crippen LogP contribution in [0.1, 0.15) is 6.92 Å². The van der Waals surface area contributed by atoms with Crippen LogP contribution < -0.4 is 0 Å². The van der Waals surface area contributed by atoms with E-state index >= 15 is 0 Å². The number of likely N-dealkylation sites (N-methyl/N-ethyl adjacent to an activating group) is 1. The van der Waals surface area contributed by atoms with Crippen molar-refractivity contribution in [2.24, 2.45) is 5.92 Å². The third kappa shape index (κ3) is 1.36. The zero-order chi connectivity index (χ0) is 8.59. The van der Waals surface area contributed by atoms with Crippen LogP contribution in [-0.4, -0.2) is 46.8 Å². The summed E-state index contributed by atoms with van der Waals surface area (Å²) >= 11 is 0. The molecular formula is C7H13NO3. The Hall–Kier alpha value is -0.610. The van der Waals surface area contributed by atoms with Crippen LogP contribution in [0.15, 0.2) is 0 Å². The summed E-state index contributed by atoms with van der Waals surface area (Å²) in [4.78, 5) is 12.3. The summed E-state index contributed by atoms with van der Waals surface area (Å²) in [6, 6.07) is -0.523. The molecule has 0 bridgehead atoms. The lowest BCUT2D eigenvalue weighted by atomic mass is 10.0. The number of hydrogen-bond donors (Lipinski definition) is 2. The van der Waals surface area contributed by atoms with Crippen LogP contribution in [0.5, 0.6) is 0 Å². The summed E-state index contributed by atoms with van der Waals surface area (Å²) in [6.07, 6.45) is -0.499. The molecule has 2 N–H and O–H groups in total. The fraction of sp³-hybridized carbons (Fsp3) is 0.857. The SMILES string of the molecule is C[C@H]1[C@@H](C(=O)O)N(C)C[C@@H]1O. The minimum atomic E-state index is -0.850. The van der Waals surface area contributed by atoms with Crippen LogP contribution in [-0.2, 0) is 4.79 Å². The Kier molecular flexibility index (Phi) is 2.15. The maximum atomic E-state index is 10.6. The Bertz CT molecular complexity index is 171. The Labute approximate surface area is 65.4 Å². The van der Waals surface area contributed by atoms with Gasteiger partial charge in [0.2, 0.25) is 0 Å². The molecule has 4 nitrogen and oxygen atoms in total. The van der Waals surface area contributed by atoms with E-state index in [2.05, 4.69) is 0 Å². The van der Waals surface area contributed by atoms with E-state index in [9.17, 15) is 9.90 Å². The summed E-state index contributed by atoms with van der Waals surface area (Å²) in [5, 5.41) is 18.0. The highest BCUT2D eigenvalue weighted by Crippen LogP contribution is 2.22. The average molecular weight is 159 g/mol. The predicted octanol–water partition coefficient (Wildman–Crippen LogP) is -0.618. The summed E-state index contributed by atoms with van der Waals surface area (Å²) in [5.41, 5.74) is 0. The monoisotopic (exact) mass is 159 g/mol. The van der Waals surface area contributed by atoms with Crippen molar-refractivity contribution in [3.63, 3.8) is 0 Å². The van der Waals surface area contributed by atoms with Crippen molar-refractivity contribution in [2.75, 3.05) is 13.6 Å². The van der Waals surface area contributed by atoms with Crippen molar-refractivity contribution in [1.82, 2.24) is 4.90 Å². The fourth-order valence-corrected chi connectivity index (χ4v) is 1.60. The van der Waals surface area contributed by atoms with Crippen molar-refractivity contribution >= 4 is 5.97 Å². The van der Waals surface area contributed by atoms with Crippen LogP contribution in [0.3, 0.4) is 0 Å². The molecule has 64 valence electrons. The number of β-amino-alcohol motifs (C(OH)–C–C–N with tert-alkyl or cyclic N) is 1. The van der Waals surface area contributed by atoms with Gasteiger partial charge >= 0.3 is 5.97 Å². The lowest BCUT2D eigenvalue weighted by Crippen LogP contribution is -2.36. The summed E-state index contributed by atoms with van der Waals surface area (Å²) in [7, 11) is 1.71. The third-order valence-electron chi connectivity index (χ3n) is 2.31. The van der Waals surface area contributed by atoms with Gasteiger partial charge in [-0.2, -0.15) is 0 Å². The van der Waals surface area contributed by atoms with Crippen molar-refractivity contribution < 1.29 is 15.0 Å². The van der Waals surface area contributed by atoms with Gasteiger partial charge in [-0.1, -0.05) is 6.92 Å². The molecule has 11 heavy (non-hydrogen) atoms. The molecule has 1 heterocycles.